The van der Waals surface area contributed by atoms with E-state index in [9.17, 15) is 9.59 Å². The lowest BCUT2D eigenvalue weighted by Gasteiger charge is -2.11. The third-order valence-electron chi connectivity index (χ3n) is 4.40. The minimum absolute atomic E-state index is 0.241. The molecule has 0 bridgehead atoms. The van der Waals surface area contributed by atoms with E-state index in [2.05, 4.69) is 19.9 Å². The molecule has 3 heterocycles. The van der Waals surface area contributed by atoms with Crippen molar-refractivity contribution in [3.05, 3.63) is 89.5 Å². The van der Waals surface area contributed by atoms with Gasteiger partial charge in [0.1, 0.15) is 12.0 Å². The van der Waals surface area contributed by atoms with Crippen molar-refractivity contribution in [1.29, 1.82) is 0 Å². The zero-order valence-electron chi connectivity index (χ0n) is 17.5. The zero-order valence-corrected chi connectivity index (χ0v) is 17.5. The summed E-state index contributed by atoms with van der Waals surface area (Å²) in [6, 6.07) is 12.7. The van der Waals surface area contributed by atoms with Crippen LogP contribution in [0.4, 0.5) is 0 Å². The van der Waals surface area contributed by atoms with Crippen LogP contribution in [0.5, 0.6) is 0 Å². The predicted molar refractivity (Wildman–Crippen MR) is 120 cm³/mol. The number of benzene rings is 1. The fraction of sp³-hybridized carbons (Fsp3) is 0.167. The van der Waals surface area contributed by atoms with Crippen molar-refractivity contribution in [2.75, 3.05) is 0 Å². The summed E-state index contributed by atoms with van der Waals surface area (Å²) in [6.45, 7) is 4.00. The number of hydrogen-bond donors (Lipinski definition) is 0. The molecule has 0 N–H and O–H groups in total. The number of pyridine rings is 1. The highest BCUT2D eigenvalue weighted by molar-refractivity contribution is 5.60. The molecule has 4 aromatic rings. The molecular formula is C24H23N5O2. The summed E-state index contributed by atoms with van der Waals surface area (Å²) in [5.41, 5.74) is 2.98. The average Bonchev–Trinajstić information content (AvgIpc) is 2.86. The highest BCUT2D eigenvalue weighted by Crippen LogP contribution is 2.18. The Balaban J connectivity index is 0.00000132. The Morgan fingerprint density at radius 2 is 1.58 bits per heavy atom. The second-order valence-corrected chi connectivity index (χ2v) is 6.32. The fourth-order valence-electron chi connectivity index (χ4n) is 2.98. The second-order valence-electron chi connectivity index (χ2n) is 6.32. The molecule has 0 aliphatic rings. The summed E-state index contributed by atoms with van der Waals surface area (Å²) < 4.78 is 1.55. The number of rotatable bonds is 6. The van der Waals surface area contributed by atoms with E-state index in [1.54, 1.807) is 53.8 Å². The highest BCUT2D eigenvalue weighted by atomic mass is 16.1. The minimum atomic E-state index is -0.241. The Labute approximate surface area is 180 Å². The topological polar surface area (TPSA) is 90.6 Å². The predicted octanol–water partition coefficient (Wildman–Crippen LogP) is 3.91. The fourth-order valence-corrected chi connectivity index (χ4v) is 2.98. The molecule has 1 aromatic carbocycles. The van der Waals surface area contributed by atoms with Gasteiger partial charge in [-0.25, -0.2) is 15.0 Å². The molecule has 0 saturated heterocycles. The molecule has 0 aliphatic carbocycles. The standard InChI is InChI=1S/C22H17N5O2.C2H6/c28-14-1-3-18-15-27(22(29)20(26-18)16-8-12-23-13-9-16)19-6-4-17(5-7-19)21-24-10-2-11-25-21;1-2/h2,4-15H,1,3H2;1-2H3. The maximum atomic E-state index is 13.1. The third kappa shape index (κ3) is 5.14. The number of carbonyl (C=O) groups is 1. The number of nitrogens with zero attached hydrogens (tertiary/aromatic N) is 5. The molecule has 156 valence electrons. The first-order valence-electron chi connectivity index (χ1n) is 10.1. The number of hydrogen-bond acceptors (Lipinski definition) is 6. The lowest BCUT2D eigenvalue weighted by atomic mass is 10.1. The smallest absolute Gasteiger partial charge is 0.281 e. The summed E-state index contributed by atoms with van der Waals surface area (Å²) in [6.07, 6.45) is 9.93. The van der Waals surface area contributed by atoms with Crippen molar-refractivity contribution in [3.63, 3.8) is 0 Å². The molecular weight excluding hydrogens is 390 g/mol. The molecule has 0 fully saturated rings. The van der Waals surface area contributed by atoms with E-state index in [1.165, 1.54) is 0 Å². The highest BCUT2D eigenvalue weighted by Gasteiger charge is 2.12. The maximum absolute atomic E-state index is 13.1. The van der Waals surface area contributed by atoms with Gasteiger partial charge in [0.15, 0.2) is 5.82 Å². The van der Waals surface area contributed by atoms with Crippen LogP contribution in [0.3, 0.4) is 0 Å². The third-order valence-corrected chi connectivity index (χ3v) is 4.40. The molecule has 0 saturated carbocycles. The molecule has 7 nitrogen and oxygen atoms in total. The maximum Gasteiger partial charge on any atom is 0.281 e. The molecule has 0 spiro atoms. The number of carbonyl (C=O) groups excluding carboxylic acids is 1. The Hall–Kier alpha value is -4.00. The Kier molecular flexibility index (Phi) is 7.48. The molecule has 0 aliphatic heterocycles. The van der Waals surface area contributed by atoms with Crippen molar-refractivity contribution in [2.24, 2.45) is 0 Å². The van der Waals surface area contributed by atoms with Gasteiger partial charge in [-0.2, -0.15) is 0 Å². The monoisotopic (exact) mass is 413 g/mol. The first-order valence-corrected chi connectivity index (χ1v) is 10.1. The first-order chi connectivity index (χ1) is 15.3. The van der Waals surface area contributed by atoms with Gasteiger partial charge in [-0.15, -0.1) is 0 Å². The summed E-state index contributed by atoms with van der Waals surface area (Å²) in [5.74, 6) is 0.616. The van der Waals surface area contributed by atoms with Gasteiger partial charge in [0.05, 0.1) is 5.69 Å². The lowest BCUT2D eigenvalue weighted by molar-refractivity contribution is -0.107. The minimum Gasteiger partial charge on any atom is -0.303 e. The van der Waals surface area contributed by atoms with Gasteiger partial charge in [-0.05, 0) is 48.9 Å². The normalized spacial score (nSPS) is 10.1. The first kappa shape index (κ1) is 21.7. The second kappa shape index (κ2) is 10.7. The summed E-state index contributed by atoms with van der Waals surface area (Å²) >= 11 is 0. The zero-order chi connectivity index (χ0) is 22.1. The van der Waals surface area contributed by atoms with Gasteiger partial charge < -0.3 is 4.79 Å². The van der Waals surface area contributed by atoms with E-state index in [1.807, 2.05) is 38.1 Å². The molecule has 7 heteroatoms. The summed E-state index contributed by atoms with van der Waals surface area (Å²) in [5, 5.41) is 0. The van der Waals surface area contributed by atoms with Crippen LogP contribution in [0.15, 0.2) is 78.2 Å². The van der Waals surface area contributed by atoms with Crippen molar-refractivity contribution in [1.82, 2.24) is 24.5 Å². The van der Waals surface area contributed by atoms with E-state index in [0.29, 0.717) is 41.3 Å². The van der Waals surface area contributed by atoms with Crippen LogP contribution in [0.2, 0.25) is 0 Å². The molecule has 0 radical (unpaired) electrons. The van der Waals surface area contributed by atoms with E-state index in [0.717, 1.165) is 11.8 Å². The van der Waals surface area contributed by atoms with Crippen molar-refractivity contribution >= 4 is 6.29 Å². The molecule has 31 heavy (non-hydrogen) atoms. The molecule has 0 atom stereocenters. The largest absolute Gasteiger partial charge is 0.303 e. The van der Waals surface area contributed by atoms with Crippen molar-refractivity contribution in [3.8, 4) is 28.3 Å². The average molecular weight is 413 g/mol. The Morgan fingerprint density at radius 3 is 2.23 bits per heavy atom. The Morgan fingerprint density at radius 1 is 0.903 bits per heavy atom. The van der Waals surface area contributed by atoms with Gasteiger partial charge in [-0.1, -0.05) is 13.8 Å². The van der Waals surface area contributed by atoms with Gasteiger partial charge in [0, 0.05) is 54.2 Å². The summed E-state index contributed by atoms with van der Waals surface area (Å²) in [7, 11) is 0. The van der Waals surface area contributed by atoms with E-state index < -0.39 is 0 Å². The van der Waals surface area contributed by atoms with Crippen LogP contribution >= 0.6 is 0 Å². The van der Waals surface area contributed by atoms with Crippen molar-refractivity contribution in [2.45, 2.75) is 26.7 Å². The van der Waals surface area contributed by atoms with Crippen LogP contribution in [0, 0.1) is 0 Å². The SMILES string of the molecule is CC.O=CCCc1cn(-c2ccc(-c3ncccn3)cc2)c(=O)c(-c2ccncc2)n1. The van der Waals surface area contributed by atoms with E-state index >= 15 is 0 Å². The molecule has 0 amide bonds. The summed E-state index contributed by atoms with van der Waals surface area (Å²) in [4.78, 5) is 40.9. The molecule has 3 aromatic heterocycles. The lowest BCUT2D eigenvalue weighted by Crippen LogP contribution is -2.22. The van der Waals surface area contributed by atoms with Gasteiger partial charge in [0.25, 0.3) is 5.56 Å². The van der Waals surface area contributed by atoms with Gasteiger partial charge in [-0.3, -0.25) is 14.3 Å². The quantitative estimate of drug-likeness (QED) is 0.445. The van der Waals surface area contributed by atoms with Crippen LogP contribution in [-0.2, 0) is 11.2 Å². The van der Waals surface area contributed by atoms with Crippen molar-refractivity contribution < 1.29 is 4.79 Å². The van der Waals surface area contributed by atoms with E-state index in [-0.39, 0.29) is 5.56 Å². The number of aldehydes is 1. The van der Waals surface area contributed by atoms with Crippen LogP contribution in [0.25, 0.3) is 28.3 Å². The van der Waals surface area contributed by atoms with Gasteiger partial charge in [0.2, 0.25) is 0 Å². The van der Waals surface area contributed by atoms with Gasteiger partial charge >= 0.3 is 0 Å². The number of aromatic nitrogens is 5. The van der Waals surface area contributed by atoms with Crippen LogP contribution in [0.1, 0.15) is 26.0 Å². The Bertz CT molecular complexity index is 1170. The molecule has 0 unspecified atom stereocenters. The van der Waals surface area contributed by atoms with Crippen LogP contribution in [-0.4, -0.2) is 30.8 Å². The molecule has 4 rings (SSSR count). The van der Waals surface area contributed by atoms with E-state index in [4.69, 9.17) is 0 Å². The number of aryl methyl sites for hydroxylation is 1. The van der Waals surface area contributed by atoms with Crippen LogP contribution < -0.4 is 5.56 Å².